The number of aromatic nitrogens is 4. The van der Waals surface area contributed by atoms with Crippen LogP contribution in [0.25, 0.3) is 16.8 Å². The lowest BCUT2D eigenvalue weighted by molar-refractivity contribution is 0.0954. The molecule has 0 unspecified atom stereocenters. The van der Waals surface area contributed by atoms with E-state index in [0.717, 1.165) is 16.8 Å². The molecule has 0 aliphatic carbocycles. The van der Waals surface area contributed by atoms with Gasteiger partial charge in [-0.2, -0.15) is 5.10 Å². The summed E-state index contributed by atoms with van der Waals surface area (Å²) in [6, 6.07) is 9.59. The largest absolute Gasteiger partial charge is 0.306 e. The Bertz CT molecular complexity index is 1210. The number of hydrogen-bond acceptors (Lipinski definition) is 3. The Morgan fingerprint density at radius 2 is 1.93 bits per heavy atom. The molecule has 8 heteroatoms. The second-order valence-electron chi connectivity index (χ2n) is 7.12. The van der Waals surface area contributed by atoms with Gasteiger partial charge in [-0.3, -0.25) is 9.48 Å². The number of imidazole rings is 1. The topological polar surface area (TPSA) is 55.4 Å². The van der Waals surface area contributed by atoms with E-state index in [1.54, 1.807) is 34.1 Å². The highest BCUT2D eigenvalue weighted by molar-refractivity contribution is 6.09. The zero-order valence-electron chi connectivity index (χ0n) is 15.5. The number of amides is 1. The normalized spacial score (nSPS) is 16.6. The van der Waals surface area contributed by atoms with Crippen molar-refractivity contribution in [3.05, 3.63) is 72.4 Å². The number of fused-ring (bicyclic) bond motifs is 2. The molecule has 0 saturated heterocycles. The number of pyridine rings is 1. The van der Waals surface area contributed by atoms with Gasteiger partial charge in [0.25, 0.3) is 12.3 Å². The molecule has 0 fully saturated rings. The van der Waals surface area contributed by atoms with Crippen LogP contribution in [-0.2, 0) is 0 Å². The first-order chi connectivity index (χ1) is 14.0. The maximum Gasteiger partial charge on any atom is 0.277 e. The number of benzene rings is 1. The summed E-state index contributed by atoms with van der Waals surface area (Å²) in [6.45, 7) is 2.40. The van der Waals surface area contributed by atoms with Gasteiger partial charge in [-0.1, -0.05) is 12.1 Å². The van der Waals surface area contributed by atoms with E-state index in [0.29, 0.717) is 17.9 Å². The molecule has 1 atom stereocenters. The van der Waals surface area contributed by atoms with Crippen molar-refractivity contribution in [3.8, 4) is 11.1 Å². The van der Waals surface area contributed by atoms with Crippen LogP contribution in [0.15, 0.2) is 61.2 Å². The van der Waals surface area contributed by atoms with Crippen LogP contribution in [-0.4, -0.2) is 31.6 Å². The number of alkyl halides is 2. The molecular formula is C21H17F2N5O. The standard InChI is InChI=1S/C21H17F2N5O/c1-13-11-27(16-5-2-14(3-6-16)20(22)23)21(29)19-17(10-25-28(13)19)15-4-7-18-24-8-9-26(18)12-15/h2-10,12-13,20H,11H2,1H3/t13-/m0/s1. The van der Waals surface area contributed by atoms with E-state index in [1.807, 2.05) is 35.9 Å². The van der Waals surface area contributed by atoms with E-state index in [2.05, 4.69) is 10.1 Å². The van der Waals surface area contributed by atoms with Crippen molar-refractivity contribution in [2.75, 3.05) is 11.4 Å². The average molecular weight is 393 g/mol. The Labute approximate surface area is 165 Å². The van der Waals surface area contributed by atoms with E-state index in [9.17, 15) is 13.6 Å². The van der Waals surface area contributed by atoms with Crippen LogP contribution in [0.4, 0.5) is 14.5 Å². The Kier molecular flexibility index (Phi) is 3.94. The monoisotopic (exact) mass is 393 g/mol. The molecule has 4 heterocycles. The maximum absolute atomic E-state index is 13.3. The molecule has 3 aromatic heterocycles. The van der Waals surface area contributed by atoms with Gasteiger partial charge >= 0.3 is 0 Å². The first-order valence-electron chi connectivity index (χ1n) is 9.23. The fourth-order valence-corrected chi connectivity index (χ4v) is 3.77. The van der Waals surface area contributed by atoms with E-state index >= 15 is 0 Å². The lowest BCUT2D eigenvalue weighted by Gasteiger charge is -2.32. The summed E-state index contributed by atoms with van der Waals surface area (Å²) in [6.07, 6.45) is 4.63. The van der Waals surface area contributed by atoms with Gasteiger partial charge in [-0.05, 0) is 31.2 Å². The lowest BCUT2D eigenvalue weighted by atomic mass is 10.0. The van der Waals surface area contributed by atoms with Crippen molar-refractivity contribution >= 4 is 17.2 Å². The van der Waals surface area contributed by atoms with E-state index < -0.39 is 6.43 Å². The van der Waals surface area contributed by atoms with Crippen LogP contribution in [0.5, 0.6) is 0 Å². The first kappa shape index (κ1) is 17.5. The van der Waals surface area contributed by atoms with E-state index in [1.165, 1.54) is 12.1 Å². The molecule has 1 amide bonds. The Hall–Kier alpha value is -3.55. The minimum atomic E-state index is -2.54. The van der Waals surface area contributed by atoms with Crippen LogP contribution in [0.2, 0.25) is 0 Å². The number of nitrogens with zero attached hydrogens (tertiary/aromatic N) is 5. The summed E-state index contributed by atoms with van der Waals surface area (Å²) in [5.74, 6) is -0.203. The average Bonchev–Trinajstić information content (AvgIpc) is 3.37. The SMILES string of the molecule is C[C@H]1CN(c2ccc(C(F)F)cc2)C(=O)c2c(-c3ccc4nccn4c3)cnn21. The maximum atomic E-state index is 13.3. The zero-order valence-corrected chi connectivity index (χ0v) is 15.5. The van der Waals surface area contributed by atoms with E-state index in [4.69, 9.17) is 0 Å². The fourth-order valence-electron chi connectivity index (χ4n) is 3.77. The van der Waals surface area contributed by atoms with Crippen molar-refractivity contribution in [2.45, 2.75) is 19.4 Å². The minimum absolute atomic E-state index is 0.0526. The summed E-state index contributed by atoms with van der Waals surface area (Å²) in [5, 5.41) is 4.44. The van der Waals surface area contributed by atoms with Gasteiger partial charge in [-0.15, -0.1) is 0 Å². The van der Waals surface area contributed by atoms with Crippen molar-refractivity contribution in [2.24, 2.45) is 0 Å². The molecule has 1 aromatic carbocycles. The van der Waals surface area contributed by atoms with Gasteiger partial charge < -0.3 is 9.30 Å². The Morgan fingerprint density at radius 1 is 1.14 bits per heavy atom. The number of rotatable bonds is 3. The molecule has 146 valence electrons. The lowest BCUT2D eigenvalue weighted by Crippen LogP contribution is -2.42. The quantitative estimate of drug-likeness (QED) is 0.520. The smallest absolute Gasteiger partial charge is 0.277 e. The fraction of sp³-hybridized carbons (Fsp3) is 0.190. The molecule has 0 spiro atoms. The molecule has 29 heavy (non-hydrogen) atoms. The Morgan fingerprint density at radius 3 is 2.69 bits per heavy atom. The van der Waals surface area contributed by atoms with E-state index in [-0.39, 0.29) is 17.5 Å². The van der Waals surface area contributed by atoms with Gasteiger partial charge in [0.2, 0.25) is 0 Å². The zero-order chi connectivity index (χ0) is 20.1. The Balaban J connectivity index is 1.57. The van der Waals surface area contributed by atoms with Crippen molar-refractivity contribution in [1.29, 1.82) is 0 Å². The first-order valence-corrected chi connectivity index (χ1v) is 9.23. The summed E-state index contributed by atoms with van der Waals surface area (Å²) in [5.41, 5.74) is 3.41. The second-order valence-corrected chi connectivity index (χ2v) is 7.12. The molecule has 1 aliphatic heterocycles. The molecule has 4 aromatic rings. The van der Waals surface area contributed by atoms with Crippen LogP contribution in [0, 0.1) is 0 Å². The van der Waals surface area contributed by atoms with Gasteiger partial charge in [0.05, 0.1) is 12.2 Å². The third-order valence-electron chi connectivity index (χ3n) is 5.26. The van der Waals surface area contributed by atoms with Crippen LogP contribution < -0.4 is 4.90 Å². The van der Waals surface area contributed by atoms with Crippen molar-refractivity contribution in [3.63, 3.8) is 0 Å². The summed E-state index contributed by atoms with van der Waals surface area (Å²) in [7, 11) is 0. The number of halogens is 2. The summed E-state index contributed by atoms with van der Waals surface area (Å²) < 4.78 is 29.4. The van der Waals surface area contributed by atoms with Crippen LogP contribution >= 0.6 is 0 Å². The van der Waals surface area contributed by atoms with Gasteiger partial charge in [0, 0.05) is 47.5 Å². The minimum Gasteiger partial charge on any atom is -0.306 e. The molecule has 5 rings (SSSR count). The number of hydrogen-bond donors (Lipinski definition) is 0. The summed E-state index contributed by atoms with van der Waals surface area (Å²) in [4.78, 5) is 19.2. The highest BCUT2D eigenvalue weighted by Gasteiger charge is 2.33. The highest BCUT2D eigenvalue weighted by atomic mass is 19.3. The predicted octanol–water partition coefficient (Wildman–Crippen LogP) is 4.36. The van der Waals surface area contributed by atoms with Crippen molar-refractivity contribution in [1.82, 2.24) is 19.2 Å². The molecule has 0 saturated carbocycles. The molecule has 0 N–H and O–H groups in total. The van der Waals surface area contributed by atoms with Crippen molar-refractivity contribution < 1.29 is 13.6 Å². The second kappa shape index (κ2) is 6.51. The van der Waals surface area contributed by atoms with Gasteiger partial charge in [0.1, 0.15) is 11.3 Å². The van der Waals surface area contributed by atoms with Crippen LogP contribution in [0.3, 0.4) is 0 Å². The number of carbonyl (C=O) groups is 1. The molecule has 6 nitrogen and oxygen atoms in total. The van der Waals surface area contributed by atoms with Crippen LogP contribution in [0.1, 0.15) is 35.4 Å². The third-order valence-corrected chi connectivity index (χ3v) is 5.26. The molecule has 1 aliphatic rings. The van der Waals surface area contributed by atoms with Gasteiger partial charge in [-0.25, -0.2) is 13.8 Å². The third kappa shape index (κ3) is 2.79. The van der Waals surface area contributed by atoms with Gasteiger partial charge in [0.15, 0.2) is 0 Å². The molecule has 0 radical (unpaired) electrons. The predicted molar refractivity (Wildman–Crippen MR) is 104 cm³/mol. The highest BCUT2D eigenvalue weighted by Crippen LogP contribution is 2.33. The molecule has 0 bridgehead atoms. The molecular weight excluding hydrogens is 376 g/mol. The number of anilines is 1. The summed E-state index contributed by atoms with van der Waals surface area (Å²) >= 11 is 0. The number of carbonyl (C=O) groups excluding carboxylic acids is 1.